The second-order valence-electron chi connectivity index (χ2n) is 5.21. The molecule has 1 unspecified atom stereocenters. The summed E-state index contributed by atoms with van der Waals surface area (Å²) in [5.74, 6) is 0.471. The van der Waals surface area contributed by atoms with Gasteiger partial charge >= 0.3 is 0 Å². The Hall–Kier alpha value is -0.970. The zero-order chi connectivity index (χ0) is 13.0. The molecule has 18 heavy (non-hydrogen) atoms. The summed E-state index contributed by atoms with van der Waals surface area (Å²) in [6.45, 7) is 5.49. The summed E-state index contributed by atoms with van der Waals surface area (Å²) in [5.41, 5.74) is 7.83. The van der Waals surface area contributed by atoms with E-state index in [9.17, 15) is 5.11 Å². The van der Waals surface area contributed by atoms with E-state index in [2.05, 4.69) is 22.0 Å². The number of likely N-dealkylation sites (tertiary alicyclic amines) is 1. The van der Waals surface area contributed by atoms with Crippen LogP contribution >= 0.6 is 0 Å². The number of piperidine rings is 1. The summed E-state index contributed by atoms with van der Waals surface area (Å²) in [4.78, 5) is 6.65. The maximum absolute atomic E-state index is 9.58. The van der Waals surface area contributed by atoms with Crippen molar-refractivity contribution in [1.29, 1.82) is 0 Å². The maximum atomic E-state index is 9.58. The Labute approximate surface area is 109 Å². The monoisotopic (exact) mass is 249 g/mol. The van der Waals surface area contributed by atoms with Gasteiger partial charge in [-0.15, -0.1) is 0 Å². The van der Waals surface area contributed by atoms with Crippen LogP contribution in [0.3, 0.4) is 0 Å². The highest BCUT2D eigenvalue weighted by Gasteiger charge is 2.22. The highest BCUT2D eigenvalue weighted by atomic mass is 16.3. The Balaban J connectivity index is 1.87. The molecular weight excluding hydrogens is 226 g/mol. The predicted octanol–water partition coefficient (Wildman–Crippen LogP) is 1.13. The Morgan fingerprint density at radius 2 is 2.22 bits per heavy atom. The second kappa shape index (κ2) is 6.27. The van der Waals surface area contributed by atoms with Crippen molar-refractivity contribution in [3.05, 3.63) is 29.6 Å². The molecule has 4 heteroatoms. The van der Waals surface area contributed by atoms with Crippen molar-refractivity contribution in [3.8, 4) is 0 Å². The smallest absolute Gasteiger partial charge is 0.0542 e. The van der Waals surface area contributed by atoms with E-state index in [-0.39, 0.29) is 6.10 Å². The molecule has 1 aromatic heterocycles. The number of pyridine rings is 1. The quantitative estimate of drug-likeness (QED) is 0.840. The zero-order valence-electron chi connectivity index (χ0n) is 11.0. The lowest BCUT2D eigenvalue weighted by molar-refractivity contribution is 0.0695. The molecule has 4 nitrogen and oxygen atoms in total. The molecule has 3 N–H and O–H groups in total. The Morgan fingerprint density at radius 1 is 1.50 bits per heavy atom. The molecule has 0 aliphatic carbocycles. The van der Waals surface area contributed by atoms with Crippen LogP contribution in [0.4, 0.5) is 0 Å². The average molecular weight is 249 g/mol. The van der Waals surface area contributed by atoms with Crippen molar-refractivity contribution in [2.75, 3.05) is 13.1 Å². The van der Waals surface area contributed by atoms with Crippen molar-refractivity contribution >= 4 is 0 Å². The Bertz CT molecular complexity index is 373. The van der Waals surface area contributed by atoms with Crippen LogP contribution < -0.4 is 5.73 Å². The van der Waals surface area contributed by atoms with Crippen molar-refractivity contribution in [2.45, 2.75) is 39.0 Å². The topological polar surface area (TPSA) is 62.4 Å². The third kappa shape index (κ3) is 3.51. The molecule has 1 aliphatic rings. The summed E-state index contributed by atoms with van der Waals surface area (Å²) in [6.07, 6.45) is 3.84. The minimum atomic E-state index is -0.170. The molecule has 0 aromatic carbocycles. The lowest BCUT2D eigenvalue weighted by Gasteiger charge is -2.33. The van der Waals surface area contributed by atoms with Gasteiger partial charge in [0.2, 0.25) is 0 Å². The van der Waals surface area contributed by atoms with E-state index in [0.29, 0.717) is 12.5 Å². The molecule has 0 spiro atoms. The number of hydrogen-bond acceptors (Lipinski definition) is 4. The largest absolute Gasteiger partial charge is 0.393 e. The van der Waals surface area contributed by atoms with Gasteiger partial charge in [0.05, 0.1) is 11.8 Å². The van der Waals surface area contributed by atoms with Gasteiger partial charge < -0.3 is 10.8 Å². The third-order valence-corrected chi connectivity index (χ3v) is 3.81. The van der Waals surface area contributed by atoms with Crippen molar-refractivity contribution in [2.24, 2.45) is 11.7 Å². The molecule has 0 saturated carbocycles. The van der Waals surface area contributed by atoms with E-state index in [1.807, 2.05) is 13.1 Å². The summed E-state index contributed by atoms with van der Waals surface area (Å²) in [7, 11) is 0. The fraction of sp³-hybridized carbons (Fsp3) is 0.643. The first-order valence-electron chi connectivity index (χ1n) is 6.73. The first-order valence-corrected chi connectivity index (χ1v) is 6.73. The van der Waals surface area contributed by atoms with Crippen LogP contribution in [0.1, 0.15) is 31.0 Å². The molecule has 100 valence electrons. The van der Waals surface area contributed by atoms with Gasteiger partial charge in [-0.1, -0.05) is 0 Å². The maximum Gasteiger partial charge on any atom is 0.0542 e. The first-order chi connectivity index (χ1) is 8.69. The number of nitrogens with zero attached hydrogens (tertiary/aromatic N) is 2. The summed E-state index contributed by atoms with van der Waals surface area (Å²) in [5, 5.41) is 9.58. The minimum absolute atomic E-state index is 0.170. The molecule has 0 radical (unpaired) electrons. The second-order valence-corrected chi connectivity index (χ2v) is 5.21. The van der Waals surface area contributed by atoms with Crippen LogP contribution in [-0.2, 0) is 13.1 Å². The predicted molar refractivity (Wildman–Crippen MR) is 71.8 cm³/mol. The van der Waals surface area contributed by atoms with Gasteiger partial charge in [0, 0.05) is 19.3 Å². The number of aliphatic hydroxyl groups is 1. The van der Waals surface area contributed by atoms with Gasteiger partial charge in [0.1, 0.15) is 0 Å². The summed E-state index contributed by atoms with van der Waals surface area (Å²) in [6, 6.07) is 4.14. The Morgan fingerprint density at radius 3 is 2.83 bits per heavy atom. The van der Waals surface area contributed by atoms with Crippen molar-refractivity contribution in [1.82, 2.24) is 9.88 Å². The SMILES string of the molecule is CC(O)C1CCN(Cc2ccnc(CN)c2)CC1. The molecule has 1 atom stereocenters. The number of aliphatic hydroxyl groups excluding tert-OH is 1. The van der Waals surface area contributed by atoms with Gasteiger partial charge in [-0.25, -0.2) is 0 Å². The van der Waals surface area contributed by atoms with E-state index in [1.54, 1.807) is 0 Å². The van der Waals surface area contributed by atoms with Crippen LogP contribution in [0, 0.1) is 5.92 Å². The van der Waals surface area contributed by atoms with Gasteiger partial charge in [-0.05, 0) is 56.5 Å². The van der Waals surface area contributed by atoms with Crippen LogP contribution in [-0.4, -0.2) is 34.2 Å². The van der Waals surface area contributed by atoms with Crippen LogP contribution in [0.25, 0.3) is 0 Å². The van der Waals surface area contributed by atoms with Gasteiger partial charge in [0.15, 0.2) is 0 Å². The molecule has 1 fully saturated rings. The molecule has 0 amide bonds. The number of rotatable bonds is 4. The first kappa shape index (κ1) is 13.5. The van der Waals surface area contributed by atoms with Crippen molar-refractivity contribution in [3.63, 3.8) is 0 Å². The standard InChI is InChI=1S/C14H23N3O/c1-11(18)13-3-6-17(7-4-13)10-12-2-5-16-14(8-12)9-15/h2,5,8,11,13,18H,3-4,6-7,9-10,15H2,1H3. The molecule has 2 rings (SSSR count). The number of hydrogen-bond donors (Lipinski definition) is 2. The third-order valence-electron chi connectivity index (χ3n) is 3.81. The van der Waals surface area contributed by atoms with Gasteiger partial charge in [0.25, 0.3) is 0 Å². The number of nitrogens with two attached hydrogens (primary N) is 1. The molecule has 2 heterocycles. The molecule has 1 aromatic rings. The lowest BCUT2D eigenvalue weighted by Crippen LogP contribution is -2.36. The van der Waals surface area contributed by atoms with E-state index in [1.165, 1.54) is 5.56 Å². The fourth-order valence-electron chi connectivity index (χ4n) is 2.59. The van der Waals surface area contributed by atoms with E-state index < -0.39 is 0 Å². The summed E-state index contributed by atoms with van der Waals surface area (Å²) < 4.78 is 0. The van der Waals surface area contributed by atoms with Crippen LogP contribution in [0.2, 0.25) is 0 Å². The van der Waals surface area contributed by atoms with Gasteiger partial charge in [-0.2, -0.15) is 0 Å². The molecule has 1 aliphatic heterocycles. The molecule has 0 bridgehead atoms. The highest BCUT2D eigenvalue weighted by Crippen LogP contribution is 2.21. The van der Waals surface area contributed by atoms with E-state index in [0.717, 1.165) is 38.2 Å². The highest BCUT2D eigenvalue weighted by molar-refractivity contribution is 5.16. The normalized spacial score (nSPS) is 19.9. The zero-order valence-corrected chi connectivity index (χ0v) is 11.0. The van der Waals surface area contributed by atoms with Crippen molar-refractivity contribution < 1.29 is 5.11 Å². The minimum Gasteiger partial charge on any atom is -0.393 e. The Kier molecular flexibility index (Phi) is 4.69. The molecule has 1 saturated heterocycles. The number of aromatic nitrogens is 1. The summed E-state index contributed by atoms with van der Waals surface area (Å²) >= 11 is 0. The fourth-order valence-corrected chi connectivity index (χ4v) is 2.59. The molecular formula is C14H23N3O. The van der Waals surface area contributed by atoms with Crippen LogP contribution in [0.15, 0.2) is 18.3 Å². The lowest BCUT2D eigenvalue weighted by atomic mass is 9.92. The van der Waals surface area contributed by atoms with Crippen LogP contribution in [0.5, 0.6) is 0 Å². The van der Waals surface area contributed by atoms with E-state index in [4.69, 9.17) is 5.73 Å². The average Bonchev–Trinajstić information content (AvgIpc) is 2.39. The van der Waals surface area contributed by atoms with Gasteiger partial charge in [-0.3, -0.25) is 9.88 Å². The van der Waals surface area contributed by atoms with E-state index >= 15 is 0 Å².